The summed E-state index contributed by atoms with van der Waals surface area (Å²) in [4.78, 5) is 2.25. The molecule has 0 amide bonds. The molecule has 0 atom stereocenters. The molecule has 0 bridgehead atoms. The Morgan fingerprint density at radius 3 is 2.83 bits per heavy atom. The zero-order valence-electron chi connectivity index (χ0n) is 11.1. The number of hydrogen-bond acceptors (Lipinski definition) is 3. The molecule has 1 aliphatic heterocycles. The molecule has 1 saturated heterocycles. The van der Waals surface area contributed by atoms with Crippen LogP contribution in [0.2, 0.25) is 0 Å². The lowest BCUT2D eigenvalue weighted by Gasteiger charge is -2.19. The minimum Gasteiger partial charge on any atom is -0.318 e. The molecule has 0 spiro atoms. The molecule has 0 aliphatic carbocycles. The van der Waals surface area contributed by atoms with Crippen LogP contribution in [-0.2, 0) is 0 Å². The van der Waals surface area contributed by atoms with E-state index in [1.165, 1.54) is 11.3 Å². The van der Waals surface area contributed by atoms with E-state index in [0.29, 0.717) is 5.92 Å². The summed E-state index contributed by atoms with van der Waals surface area (Å²) in [7, 11) is 0. The Morgan fingerprint density at radius 1 is 1.33 bits per heavy atom. The van der Waals surface area contributed by atoms with Crippen LogP contribution in [0.5, 0.6) is 0 Å². The van der Waals surface area contributed by atoms with Gasteiger partial charge in [-0.2, -0.15) is 5.10 Å². The summed E-state index contributed by atoms with van der Waals surface area (Å²) < 4.78 is 0. The number of anilines is 1. The van der Waals surface area contributed by atoms with E-state index in [1.807, 2.05) is 6.21 Å². The quantitative estimate of drug-likeness (QED) is 0.615. The Labute approximate surface area is 113 Å². The van der Waals surface area contributed by atoms with Crippen LogP contribution in [0.25, 0.3) is 0 Å². The van der Waals surface area contributed by atoms with E-state index in [2.05, 4.69) is 60.1 Å². The van der Waals surface area contributed by atoms with Crippen LogP contribution in [0, 0.1) is 12.8 Å². The number of para-hydroxylation sites is 1. The number of thioether (sulfide) groups is 1. The van der Waals surface area contributed by atoms with Gasteiger partial charge >= 0.3 is 0 Å². The SMILES string of the molecule is Cc1ccccc1N1CCS/C1=N\N=C\C(C)C. The molecule has 0 aromatic heterocycles. The molecule has 1 heterocycles. The molecule has 1 fully saturated rings. The fourth-order valence-corrected chi connectivity index (χ4v) is 2.70. The van der Waals surface area contributed by atoms with E-state index < -0.39 is 0 Å². The van der Waals surface area contributed by atoms with Gasteiger partial charge in [-0.15, -0.1) is 5.10 Å². The number of aryl methyl sites for hydroxylation is 1. The lowest BCUT2D eigenvalue weighted by Crippen LogP contribution is -2.24. The third-order valence-electron chi connectivity index (χ3n) is 2.69. The molecule has 18 heavy (non-hydrogen) atoms. The Morgan fingerprint density at radius 2 is 2.11 bits per heavy atom. The highest BCUT2D eigenvalue weighted by molar-refractivity contribution is 8.14. The van der Waals surface area contributed by atoms with E-state index in [4.69, 9.17) is 0 Å². The summed E-state index contributed by atoms with van der Waals surface area (Å²) in [5, 5.41) is 9.50. The van der Waals surface area contributed by atoms with Crippen LogP contribution in [0.15, 0.2) is 34.5 Å². The first-order valence-electron chi connectivity index (χ1n) is 6.25. The maximum Gasteiger partial charge on any atom is 0.190 e. The summed E-state index contributed by atoms with van der Waals surface area (Å²) >= 11 is 1.77. The smallest absolute Gasteiger partial charge is 0.190 e. The van der Waals surface area contributed by atoms with Gasteiger partial charge in [-0.25, -0.2) is 0 Å². The van der Waals surface area contributed by atoms with Crippen LogP contribution in [-0.4, -0.2) is 23.7 Å². The normalized spacial score (nSPS) is 18.4. The maximum atomic E-state index is 4.34. The molecule has 4 heteroatoms. The number of rotatable bonds is 3. The fourth-order valence-electron chi connectivity index (χ4n) is 1.79. The van der Waals surface area contributed by atoms with E-state index >= 15 is 0 Å². The van der Waals surface area contributed by atoms with Gasteiger partial charge in [0.2, 0.25) is 0 Å². The molecule has 0 N–H and O–H groups in total. The molecule has 0 unspecified atom stereocenters. The van der Waals surface area contributed by atoms with Crippen molar-refractivity contribution in [1.29, 1.82) is 0 Å². The van der Waals surface area contributed by atoms with E-state index in [0.717, 1.165) is 17.5 Å². The van der Waals surface area contributed by atoms with Crippen molar-refractivity contribution in [2.24, 2.45) is 16.1 Å². The third kappa shape index (κ3) is 3.13. The second kappa shape index (κ2) is 6.05. The van der Waals surface area contributed by atoms with Gasteiger partial charge in [0.15, 0.2) is 5.17 Å². The van der Waals surface area contributed by atoms with Gasteiger partial charge in [0.05, 0.1) is 0 Å². The van der Waals surface area contributed by atoms with E-state index in [9.17, 15) is 0 Å². The van der Waals surface area contributed by atoms with Crippen LogP contribution in [0.1, 0.15) is 19.4 Å². The molecule has 1 aliphatic rings. The lowest BCUT2D eigenvalue weighted by molar-refractivity contribution is 0.899. The van der Waals surface area contributed by atoms with Crippen molar-refractivity contribution >= 4 is 28.8 Å². The Kier molecular flexibility index (Phi) is 4.42. The molecular weight excluding hydrogens is 242 g/mol. The van der Waals surface area contributed by atoms with Gasteiger partial charge < -0.3 is 4.90 Å². The van der Waals surface area contributed by atoms with Crippen LogP contribution >= 0.6 is 11.8 Å². The van der Waals surface area contributed by atoms with Gasteiger partial charge in [0, 0.05) is 24.2 Å². The summed E-state index contributed by atoms with van der Waals surface area (Å²) in [6, 6.07) is 8.41. The van der Waals surface area contributed by atoms with Crippen molar-refractivity contribution in [2.75, 3.05) is 17.2 Å². The molecule has 2 rings (SSSR count). The summed E-state index contributed by atoms with van der Waals surface area (Å²) in [6.45, 7) is 7.34. The first-order valence-corrected chi connectivity index (χ1v) is 7.24. The maximum absolute atomic E-state index is 4.34. The zero-order valence-corrected chi connectivity index (χ0v) is 11.9. The molecule has 1 aromatic carbocycles. The van der Waals surface area contributed by atoms with Crippen LogP contribution < -0.4 is 4.90 Å². The van der Waals surface area contributed by atoms with Gasteiger partial charge in [0.1, 0.15) is 0 Å². The molecule has 3 nitrogen and oxygen atoms in total. The Hall–Kier alpha value is -1.29. The van der Waals surface area contributed by atoms with Crippen molar-refractivity contribution in [3.63, 3.8) is 0 Å². The summed E-state index contributed by atoms with van der Waals surface area (Å²) in [5.41, 5.74) is 2.52. The number of nitrogens with zero attached hydrogens (tertiary/aromatic N) is 3. The number of benzene rings is 1. The summed E-state index contributed by atoms with van der Waals surface area (Å²) in [6.07, 6.45) is 1.88. The predicted molar refractivity (Wildman–Crippen MR) is 81.7 cm³/mol. The average Bonchev–Trinajstić information content (AvgIpc) is 2.77. The van der Waals surface area contributed by atoms with Crippen molar-refractivity contribution < 1.29 is 0 Å². The molecule has 0 saturated carbocycles. The Bertz CT molecular complexity index is 466. The Balaban J connectivity index is 2.20. The molecule has 96 valence electrons. The van der Waals surface area contributed by atoms with E-state index in [-0.39, 0.29) is 0 Å². The van der Waals surface area contributed by atoms with Crippen molar-refractivity contribution in [3.05, 3.63) is 29.8 Å². The standard InChI is InChI=1S/C14H19N3S/c1-11(2)10-15-16-14-17(8-9-18-14)13-7-5-4-6-12(13)3/h4-7,10-11H,8-9H2,1-3H3/b15-10+,16-14-. The lowest BCUT2D eigenvalue weighted by atomic mass is 10.2. The van der Waals surface area contributed by atoms with Crippen molar-refractivity contribution in [2.45, 2.75) is 20.8 Å². The molecule has 0 radical (unpaired) electrons. The molecule has 1 aromatic rings. The summed E-state index contributed by atoms with van der Waals surface area (Å²) in [5.74, 6) is 1.51. The van der Waals surface area contributed by atoms with Crippen molar-refractivity contribution in [1.82, 2.24) is 0 Å². The van der Waals surface area contributed by atoms with Crippen molar-refractivity contribution in [3.8, 4) is 0 Å². The van der Waals surface area contributed by atoms with Crippen LogP contribution in [0.4, 0.5) is 5.69 Å². The first kappa shape index (κ1) is 13.1. The van der Waals surface area contributed by atoms with Gasteiger partial charge in [-0.05, 0) is 24.5 Å². The second-order valence-corrected chi connectivity index (χ2v) is 5.74. The second-order valence-electron chi connectivity index (χ2n) is 4.68. The molecular formula is C14H19N3S. The fraction of sp³-hybridized carbons (Fsp3) is 0.429. The van der Waals surface area contributed by atoms with E-state index in [1.54, 1.807) is 11.8 Å². The highest BCUT2D eigenvalue weighted by Crippen LogP contribution is 2.28. The predicted octanol–water partition coefficient (Wildman–Crippen LogP) is 3.55. The van der Waals surface area contributed by atoms with Crippen LogP contribution in [0.3, 0.4) is 0 Å². The zero-order chi connectivity index (χ0) is 13.0. The minimum atomic E-state index is 0.438. The average molecular weight is 261 g/mol. The third-order valence-corrected chi connectivity index (χ3v) is 3.64. The van der Waals surface area contributed by atoms with Gasteiger partial charge in [0.25, 0.3) is 0 Å². The highest BCUT2D eigenvalue weighted by atomic mass is 32.2. The highest BCUT2D eigenvalue weighted by Gasteiger charge is 2.22. The minimum absolute atomic E-state index is 0.438. The topological polar surface area (TPSA) is 28.0 Å². The number of amidine groups is 1. The monoisotopic (exact) mass is 261 g/mol. The van der Waals surface area contributed by atoms with Gasteiger partial charge in [-0.3, -0.25) is 0 Å². The van der Waals surface area contributed by atoms with Gasteiger partial charge in [-0.1, -0.05) is 43.8 Å². The largest absolute Gasteiger partial charge is 0.318 e. The first-order chi connectivity index (χ1) is 8.68. The number of hydrogen-bond donors (Lipinski definition) is 0.